The molecule has 0 saturated carbocycles. The second-order valence-electron chi connectivity index (χ2n) is 9.99. The number of rotatable bonds is 3. The van der Waals surface area contributed by atoms with Gasteiger partial charge < -0.3 is 4.57 Å². The maximum Gasteiger partial charge on any atom is 0.138 e. The lowest BCUT2D eigenvalue weighted by Crippen LogP contribution is -1.99. The number of hydrogen-bond acceptors (Lipinski definition) is 2. The van der Waals surface area contributed by atoms with E-state index in [2.05, 4.69) is 124 Å². The maximum absolute atomic E-state index is 10.1. The molecule has 0 aliphatic rings. The van der Waals surface area contributed by atoms with Crippen LogP contribution in [0.5, 0.6) is 0 Å². The fraction of sp³-hybridized carbons (Fsp3) is 0. The van der Waals surface area contributed by atoms with E-state index in [1.54, 1.807) is 0 Å². The first-order valence-electron chi connectivity index (χ1n) is 13.3. The Morgan fingerprint density at radius 3 is 1.50 bits per heavy atom. The van der Waals surface area contributed by atoms with Crippen molar-refractivity contribution in [3.8, 4) is 28.7 Å². The Labute approximate surface area is 230 Å². The Morgan fingerprint density at radius 1 is 0.500 bits per heavy atom. The van der Waals surface area contributed by atoms with Crippen LogP contribution < -0.4 is 0 Å². The fourth-order valence-corrected chi connectivity index (χ4v) is 6.06. The molecule has 40 heavy (non-hydrogen) atoms. The average molecular weight is 511 g/mol. The first kappa shape index (κ1) is 22.3. The van der Waals surface area contributed by atoms with E-state index >= 15 is 0 Å². The lowest BCUT2D eigenvalue weighted by Gasteiger charge is -2.13. The van der Waals surface area contributed by atoms with E-state index in [-0.39, 0.29) is 0 Å². The van der Waals surface area contributed by atoms with Crippen LogP contribution in [0, 0.1) is 11.3 Å². The van der Waals surface area contributed by atoms with Gasteiger partial charge in [-0.3, -0.25) is 4.57 Å². The fourth-order valence-electron chi connectivity index (χ4n) is 6.06. The van der Waals surface area contributed by atoms with E-state index in [0.717, 1.165) is 44.7 Å². The third-order valence-electron chi connectivity index (χ3n) is 7.83. The minimum Gasteiger partial charge on any atom is -0.308 e. The molecule has 0 N–H and O–H groups in total. The number of aromatic nitrogens is 3. The molecule has 0 aliphatic heterocycles. The van der Waals surface area contributed by atoms with Gasteiger partial charge in [0.1, 0.15) is 11.9 Å². The van der Waals surface area contributed by atoms with Crippen molar-refractivity contribution < 1.29 is 0 Å². The number of nitriles is 1. The van der Waals surface area contributed by atoms with Crippen molar-refractivity contribution in [1.82, 2.24) is 14.1 Å². The van der Waals surface area contributed by atoms with E-state index in [9.17, 15) is 5.26 Å². The zero-order chi connectivity index (χ0) is 26.6. The molecule has 186 valence electrons. The predicted octanol–water partition coefficient (Wildman–Crippen LogP) is 8.81. The molecule has 8 aromatic rings. The van der Waals surface area contributed by atoms with E-state index in [1.165, 1.54) is 21.5 Å². The highest BCUT2D eigenvalue weighted by Gasteiger charge is 2.17. The first-order valence-corrected chi connectivity index (χ1v) is 13.3. The Morgan fingerprint density at radius 2 is 0.975 bits per heavy atom. The molecular formula is C36H22N4. The second kappa shape index (κ2) is 8.69. The van der Waals surface area contributed by atoms with E-state index in [0.29, 0.717) is 5.56 Å². The molecule has 3 aromatic heterocycles. The molecule has 0 fully saturated rings. The van der Waals surface area contributed by atoms with E-state index in [4.69, 9.17) is 4.98 Å². The first-order chi connectivity index (χ1) is 19.8. The normalized spacial score (nSPS) is 11.5. The van der Waals surface area contributed by atoms with Crippen LogP contribution in [0.1, 0.15) is 5.56 Å². The van der Waals surface area contributed by atoms with Crippen LogP contribution in [0.3, 0.4) is 0 Å². The van der Waals surface area contributed by atoms with Gasteiger partial charge in [-0.15, -0.1) is 0 Å². The molecular weight excluding hydrogens is 488 g/mol. The van der Waals surface area contributed by atoms with Crippen LogP contribution in [0.15, 0.2) is 134 Å². The summed E-state index contributed by atoms with van der Waals surface area (Å²) in [6, 6.07) is 46.4. The van der Waals surface area contributed by atoms with Crippen molar-refractivity contribution in [3.63, 3.8) is 0 Å². The quantitative estimate of drug-likeness (QED) is 0.238. The van der Waals surface area contributed by atoms with Crippen LogP contribution in [0.25, 0.3) is 66.2 Å². The monoisotopic (exact) mass is 510 g/mol. The van der Waals surface area contributed by atoms with E-state index in [1.807, 2.05) is 24.4 Å². The third kappa shape index (κ3) is 3.22. The van der Waals surface area contributed by atoms with Gasteiger partial charge in [-0.25, -0.2) is 4.98 Å². The Hall–Kier alpha value is -5.66. The summed E-state index contributed by atoms with van der Waals surface area (Å²) in [7, 11) is 0. The Bertz CT molecular complexity index is 2190. The summed E-state index contributed by atoms with van der Waals surface area (Å²) in [6.07, 6.45) is 1.87. The van der Waals surface area contributed by atoms with Gasteiger partial charge >= 0.3 is 0 Å². The highest BCUT2D eigenvalue weighted by molar-refractivity contribution is 6.10. The van der Waals surface area contributed by atoms with Gasteiger partial charge in [-0.05, 0) is 59.7 Å². The van der Waals surface area contributed by atoms with Gasteiger partial charge in [-0.1, -0.05) is 78.9 Å². The standard InChI is InChI=1S/C36H22N4/c37-23-26-18-17-24(21-35(26)39-31-13-5-1-9-27(31)28-10-2-6-14-32(28)39)25-19-20-38-36(22-25)40-33-15-7-3-11-29(33)30-12-4-8-16-34(30)40/h1-22H. The minimum absolute atomic E-state index is 0.631. The smallest absolute Gasteiger partial charge is 0.138 e. The SMILES string of the molecule is N#Cc1ccc(-c2ccnc(-n3c4ccccc4c4ccccc43)c2)cc1-n1c2ccccc2c2ccccc21. The van der Waals surface area contributed by atoms with E-state index < -0.39 is 0 Å². The third-order valence-corrected chi connectivity index (χ3v) is 7.83. The van der Waals surface area contributed by atoms with Gasteiger partial charge in [0.25, 0.3) is 0 Å². The lowest BCUT2D eigenvalue weighted by atomic mass is 10.0. The molecule has 5 aromatic carbocycles. The van der Waals surface area contributed by atoms with Crippen molar-refractivity contribution in [1.29, 1.82) is 5.26 Å². The summed E-state index contributed by atoms with van der Waals surface area (Å²) in [4.78, 5) is 4.80. The van der Waals surface area contributed by atoms with Crippen LogP contribution in [-0.2, 0) is 0 Å². The van der Waals surface area contributed by atoms with Crippen molar-refractivity contribution in [2.24, 2.45) is 0 Å². The Balaban J connectivity index is 1.35. The number of nitrogens with zero attached hydrogens (tertiary/aromatic N) is 4. The summed E-state index contributed by atoms with van der Waals surface area (Å²) in [5, 5.41) is 14.9. The predicted molar refractivity (Wildman–Crippen MR) is 163 cm³/mol. The molecule has 0 bridgehead atoms. The summed E-state index contributed by atoms with van der Waals surface area (Å²) in [5.74, 6) is 0.859. The average Bonchev–Trinajstić information content (AvgIpc) is 3.54. The summed E-state index contributed by atoms with van der Waals surface area (Å²) < 4.78 is 4.44. The summed E-state index contributed by atoms with van der Waals surface area (Å²) in [5.41, 5.74) is 7.98. The molecule has 4 heteroatoms. The van der Waals surface area contributed by atoms with Crippen LogP contribution in [0.4, 0.5) is 0 Å². The molecule has 0 atom stereocenters. The van der Waals surface area contributed by atoms with Gasteiger partial charge in [0.2, 0.25) is 0 Å². The summed E-state index contributed by atoms with van der Waals surface area (Å²) in [6.45, 7) is 0. The van der Waals surface area contributed by atoms with Crippen LogP contribution >= 0.6 is 0 Å². The summed E-state index contributed by atoms with van der Waals surface area (Å²) >= 11 is 0. The molecule has 8 rings (SSSR count). The zero-order valence-electron chi connectivity index (χ0n) is 21.5. The number of para-hydroxylation sites is 4. The number of hydrogen-bond donors (Lipinski definition) is 0. The molecule has 0 aliphatic carbocycles. The number of benzene rings is 5. The topological polar surface area (TPSA) is 46.5 Å². The molecule has 4 nitrogen and oxygen atoms in total. The number of fused-ring (bicyclic) bond motifs is 6. The van der Waals surface area contributed by atoms with Crippen molar-refractivity contribution in [3.05, 3.63) is 139 Å². The lowest BCUT2D eigenvalue weighted by molar-refractivity contribution is 1.08. The highest BCUT2D eigenvalue weighted by Crippen LogP contribution is 2.36. The Kier molecular flexibility index (Phi) is 4.85. The molecule has 3 heterocycles. The minimum atomic E-state index is 0.631. The molecule has 0 unspecified atom stereocenters. The number of pyridine rings is 1. The van der Waals surface area contributed by atoms with Crippen molar-refractivity contribution >= 4 is 43.6 Å². The van der Waals surface area contributed by atoms with Crippen molar-refractivity contribution in [2.75, 3.05) is 0 Å². The second-order valence-corrected chi connectivity index (χ2v) is 9.99. The van der Waals surface area contributed by atoms with Crippen LogP contribution in [-0.4, -0.2) is 14.1 Å². The molecule has 0 radical (unpaired) electrons. The largest absolute Gasteiger partial charge is 0.308 e. The molecule has 0 spiro atoms. The maximum atomic E-state index is 10.1. The highest BCUT2D eigenvalue weighted by atomic mass is 15.1. The van der Waals surface area contributed by atoms with Gasteiger partial charge in [0.15, 0.2) is 0 Å². The molecule has 0 saturated heterocycles. The zero-order valence-corrected chi connectivity index (χ0v) is 21.5. The van der Waals surface area contributed by atoms with Gasteiger partial charge in [0, 0.05) is 27.7 Å². The molecule has 0 amide bonds. The van der Waals surface area contributed by atoms with Gasteiger partial charge in [0.05, 0.1) is 33.3 Å². The van der Waals surface area contributed by atoms with Crippen molar-refractivity contribution in [2.45, 2.75) is 0 Å². The van der Waals surface area contributed by atoms with Crippen LogP contribution in [0.2, 0.25) is 0 Å². The van der Waals surface area contributed by atoms with Gasteiger partial charge in [-0.2, -0.15) is 5.26 Å².